The Bertz CT molecular complexity index is 1130. The molecule has 1 aliphatic heterocycles. The summed E-state index contributed by atoms with van der Waals surface area (Å²) in [6, 6.07) is 0. The molecule has 5 aliphatic rings. The number of allylic oxidation sites excluding steroid dienone is 3. The van der Waals surface area contributed by atoms with Crippen molar-refractivity contribution < 1.29 is 33.7 Å². The quantitative estimate of drug-likeness (QED) is 0.434. The van der Waals surface area contributed by atoms with Gasteiger partial charge in [-0.2, -0.15) is 0 Å². The van der Waals surface area contributed by atoms with E-state index in [1.807, 2.05) is 13.8 Å². The number of esters is 2. The maximum absolute atomic E-state index is 12.8. The number of carbonyl (C=O) groups is 3. The molecule has 1 N–H and O–H groups in total. The number of aliphatic hydroxyl groups is 1. The summed E-state index contributed by atoms with van der Waals surface area (Å²) in [7, 11) is 0. The van der Waals surface area contributed by atoms with E-state index in [0.717, 1.165) is 24.8 Å². The standard InChI is InChI=1S/C30H40O7/c1-16(31)35-25-14-18(26(37-25)36-17(2)32)19-8-9-20-28(19,5)12-10-21-29(6)13-11-23(33)27(3,4)22(29)15-24(34)30(20,21)7/h9,11,13-14,19,21-22,24-26,34H,8,10,12,15H2,1-7H3/t19-,21+,22+,24+,25-,26+,28-,29+,30-/m0/s1. The van der Waals surface area contributed by atoms with E-state index in [1.54, 1.807) is 12.2 Å². The Hall–Kier alpha value is -2.25. The van der Waals surface area contributed by atoms with Crippen molar-refractivity contribution in [2.24, 2.45) is 39.4 Å². The van der Waals surface area contributed by atoms with Gasteiger partial charge in [-0.25, -0.2) is 0 Å². The molecule has 0 radical (unpaired) electrons. The van der Waals surface area contributed by atoms with Gasteiger partial charge in [0.25, 0.3) is 0 Å². The molecule has 202 valence electrons. The van der Waals surface area contributed by atoms with Gasteiger partial charge in [-0.15, -0.1) is 0 Å². The predicted octanol–water partition coefficient (Wildman–Crippen LogP) is 4.64. The van der Waals surface area contributed by atoms with Crippen LogP contribution in [0.4, 0.5) is 0 Å². The fraction of sp³-hybridized carbons (Fsp3) is 0.700. The number of carbonyl (C=O) groups excluding carboxylic acids is 3. The highest BCUT2D eigenvalue weighted by molar-refractivity contribution is 5.95. The lowest BCUT2D eigenvalue weighted by atomic mass is 9.38. The summed E-state index contributed by atoms with van der Waals surface area (Å²) in [4.78, 5) is 36.3. The van der Waals surface area contributed by atoms with Crippen LogP contribution in [0.1, 0.15) is 74.1 Å². The fourth-order valence-corrected chi connectivity index (χ4v) is 9.00. The molecule has 7 heteroatoms. The van der Waals surface area contributed by atoms with Crippen LogP contribution in [0.2, 0.25) is 0 Å². The van der Waals surface area contributed by atoms with Gasteiger partial charge in [-0.1, -0.05) is 52.3 Å². The Morgan fingerprint density at radius 1 is 1.05 bits per heavy atom. The van der Waals surface area contributed by atoms with Crippen molar-refractivity contribution in [3.63, 3.8) is 0 Å². The maximum Gasteiger partial charge on any atom is 0.305 e. The van der Waals surface area contributed by atoms with E-state index in [0.29, 0.717) is 6.42 Å². The van der Waals surface area contributed by atoms with Gasteiger partial charge in [-0.05, 0) is 66.4 Å². The molecular weight excluding hydrogens is 472 g/mol. The van der Waals surface area contributed by atoms with Gasteiger partial charge in [0.15, 0.2) is 5.78 Å². The van der Waals surface area contributed by atoms with Gasteiger partial charge < -0.3 is 14.6 Å². The second-order valence-electron chi connectivity index (χ2n) is 13.0. The monoisotopic (exact) mass is 512 g/mol. The molecule has 0 amide bonds. The largest absolute Gasteiger partial charge is 0.432 e. The first-order chi connectivity index (χ1) is 17.2. The van der Waals surface area contributed by atoms with Crippen molar-refractivity contribution in [1.29, 1.82) is 0 Å². The molecule has 7 nitrogen and oxygen atoms in total. The van der Waals surface area contributed by atoms with Gasteiger partial charge in [0.05, 0.1) is 6.10 Å². The van der Waals surface area contributed by atoms with Crippen molar-refractivity contribution in [3.05, 3.63) is 35.5 Å². The van der Waals surface area contributed by atoms with Gasteiger partial charge in [0.2, 0.25) is 12.6 Å². The third-order valence-electron chi connectivity index (χ3n) is 10.8. The number of hydrogen-bond acceptors (Lipinski definition) is 7. The molecule has 0 spiro atoms. The van der Waals surface area contributed by atoms with E-state index < -0.39 is 41.5 Å². The van der Waals surface area contributed by atoms with Gasteiger partial charge in [-0.3, -0.25) is 19.1 Å². The SMILES string of the molecule is CC(=O)O[C@@H]1C=C([C@@H]2CC=C3[C@]4(C)[C@H](O)C[C@@H]5C(C)(C)C(=O)C=C[C@]5(C)[C@H]4CC[C@]32C)[C@H](OC(C)=O)O1. The summed E-state index contributed by atoms with van der Waals surface area (Å²) in [5.74, 6) is -0.557. The van der Waals surface area contributed by atoms with Crippen LogP contribution in [0.15, 0.2) is 35.5 Å². The van der Waals surface area contributed by atoms with Crippen LogP contribution in [-0.4, -0.2) is 41.5 Å². The third kappa shape index (κ3) is 3.63. The maximum atomic E-state index is 12.8. The van der Waals surface area contributed by atoms with Crippen molar-refractivity contribution in [2.45, 2.75) is 92.8 Å². The lowest BCUT2D eigenvalue weighted by Crippen LogP contribution is -2.63. The average Bonchev–Trinajstić information content (AvgIpc) is 3.33. The average molecular weight is 513 g/mol. The molecule has 1 heterocycles. The van der Waals surface area contributed by atoms with E-state index in [1.165, 1.54) is 19.4 Å². The number of rotatable bonds is 3. The molecule has 2 fully saturated rings. The van der Waals surface area contributed by atoms with Crippen molar-refractivity contribution in [2.75, 3.05) is 0 Å². The second kappa shape index (κ2) is 8.37. The van der Waals surface area contributed by atoms with Gasteiger partial charge >= 0.3 is 11.9 Å². The van der Waals surface area contributed by atoms with Crippen LogP contribution in [0.25, 0.3) is 0 Å². The summed E-state index contributed by atoms with van der Waals surface area (Å²) in [5.41, 5.74) is 0.597. The number of fused-ring (bicyclic) bond motifs is 5. The molecule has 4 aliphatic carbocycles. The van der Waals surface area contributed by atoms with Crippen LogP contribution in [0.5, 0.6) is 0 Å². The first-order valence-electron chi connectivity index (χ1n) is 13.5. The Kier molecular flexibility index (Phi) is 5.97. The smallest absolute Gasteiger partial charge is 0.305 e. The first kappa shape index (κ1) is 26.4. The molecular formula is C30H40O7. The van der Waals surface area contributed by atoms with Crippen LogP contribution in [0, 0.1) is 39.4 Å². The highest BCUT2D eigenvalue weighted by atomic mass is 16.8. The van der Waals surface area contributed by atoms with E-state index in [-0.39, 0.29) is 34.4 Å². The fourth-order valence-electron chi connectivity index (χ4n) is 9.00. The van der Waals surface area contributed by atoms with E-state index in [4.69, 9.17) is 14.2 Å². The minimum absolute atomic E-state index is 0.0113. The Morgan fingerprint density at radius 3 is 2.38 bits per heavy atom. The zero-order chi connectivity index (χ0) is 27.1. The Labute approximate surface area is 219 Å². The Balaban J connectivity index is 1.52. The van der Waals surface area contributed by atoms with Crippen molar-refractivity contribution in [3.8, 4) is 0 Å². The summed E-state index contributed by atoms with van der Waals surface area (Å²) < 4.78 is 16.6. The minimum Gasteiger partial charge on any atom is -0.432 e. The van der Waals surface area contributed by atoms with Crippen LogP contribution < -0.4 is 0 Å². The van der Waals surface area contributed by atoms with Gasteiger partial charge in [0, 0.05) is 30.3 Å². The van der Waals surface area contributed by atoms with E-state index >= 15 is 0 Å². The highest BCUT2D eigenvalue weighted by Gasteiger charge is 2.67. The normalized spacial score (nSPS) is 45.8. The first-order valence-corrected chi connectivity index (χ1v) is 13.5. The molecule has 0 aromatic rings. The van der Waals surface area contributed by atoms with Crippen molar-refractivity contribution >= 4 is 17.7 Å². The zero-order valence-corrected chi connectivity index (χ0v) is 23.0. The van der Waals surface area contributed by atoms with Crippen LogP contribution in [-0.2, 0) is 28.6 Å². The van der Waals surface area contributed by atoms with E-state index in [9.17, 15) is 19.5 Å². The van der Waals surface area contributed by atoms with Crippen LogP contribution >= 0.6 is 0 Å². The number of ketones is 1. The Morgan fingerprint density at radius 2 is 1.73 bits per heavy atom. The molecule has 0 aromatic heterocycles. The third-order valence-corrected chi connectivity index (χ3v) is 10.8. The molecule has 0 unspecified atom stereocenters. The topological polar surface area (TPSA) is 99.1 Å². The van der Waals surface area contributed by atoms with Gasteiger partial charge in [0.1, 0.15) is 0 Å². The molecule has 0 bridgehead atoms. The molecule has 9 atom stereocenters. The van der Waals surface area contributed by atoms with Crippen molar-refractivity contribution in [1.82, 2.24) is 0 Å². The lowest BCUT2D eigenvalue weighted by Gasteiger charge is -2.66. The molecule has 0 aromatic carbocycles. The second-order valence-corrected chi connectivity index (χ2v) is 13.0. The summed E-state index contributed by atoms with van der Waals surface area (Å²) in [5, 5.41) is 11.8. The molecule has 2 saturated carbocycles. The number of hydrogen-bond donors (Lipinski definition) is 1. The van der Waals surface area contributed by atoms with E-state index in [2.05, 4.69) is 32.9 Å². The molecule has 37 heavy (non-hydrogen) atoms. The number of ether oxygens (including phenoxy) is 3. The zero-order valence-electron chi connectivity index (χ0n) is 23.0. The van der Waals surface area contributed by atoms with Crippen LogP contribution in [0.3, 0.4) is 0 Å². The summed E-state index contributed by atoms with van der Waals surface area (Å²) >= 11 is 0. The predicted molar refractivity (Wildman–Crippen MR) is 136 cm³/mol. The minimum atomic E-state index is -0.909. The summed E-state index contributed by atoms with van der Waals surface area (Å²) in [6.45, 7) is 13.4. The summed E-state index contributed by atoms with van der Waals surface area (Å²) in [6.07, 6.45) is 8.66. The number of aliphatic hydroxyl groups excluding tert-OH is 1. The molecule has 0 saturated heterocycles. The molecule has 5 rings (SSSR count). The lowest BCUT2D eigenvalue weighted by molar-refractivity contribution is -0.204. The highest BCUT2D eigenvalue weighted by Crippen LogP contribution is 2.72.